The van der Waals surface area contributed by atoms with Gasteiger partial charge in [-0.1, -0.05) is 126 Å². The standard InChI is InChI=1S/C33H46N4O/c1-3-4-5-6-7-8-9-10-11-12-13-14-18-24-32(38)35-34-26-30-27-37(31-22-16-15-17-23-31)36-33(30)29-21-19-20-28(2)25-29/h15-17,19-23,25-27H,3-14,18,24H2,1-2H3,(H,35,38)/b34-26+. The molecule has 5 nitrogen and oxygen atoms in total. The molecule has 1 heterocycles. The maximum atomic E-state index is 12.3. The van der Waals surface area contributed by atoms with Crippen LogP contribution in [0.2, 0.25) is 0 Å². The Labute approximate surface area is 229 Å². The Morgan fingerprint density at radius 3 is 2.11 bits per heavy atom. The van der Waals surface area contributed by atoms with Crippen molar-refractivity contribution in [3.63, 3.8) is 0 Å². The zero-order valence-electron chi connectivity index (χ0n) is 23.5. The Balaban J connectivity index is 1.38. The third-order valence-electron chi connectivity index (χ3n) is 6.96. The fraction of sp³-hybridized carbons (Fsp3) is 0.485. The van der Waals surface area contributed by atoms with Gasteiger partial charge in [-0.2, -0.15) is 10.2 Å². The summed E-state index contributed by atoms with van der Waals surface area (Å²) in [7, 11) is 0. The second-order valence-electron chi connectivity index (χ2n) is 10.4. The van der Waals surface area contributed by atoms with E-state index < -0.39 is 0 Å². The maximum absolute atomic E-state index is 12.3. The van der Waals surface area contributed by atoms with Gasteiger partial charge in [0.1, 0.15) is 5.69 Å². The van der Waals surface area contributed by atoms with E-state index in [4.69, 9.17) is 5.10 Å². The van der Waals surface area contributed by atoms with E-state index >= 15 is 0 Å². The average molecular weight is 515 g/mol. The van der Waals surface area contributed by atoms with Crippen molar-refractivity contribution >= 4 is 12.1 Å². The number of aryl methyl sites for hydroxylation is 1. The minimum Gasteiger partial charge on any atom is -0.273 e. The molecule has 0 atom stereocenters. The summed E-state index contributed by atoms with van der Waals surface area (Å²) in [5.74, 6) is -0.0307. The fourth-order valence-corrected chi connectivity index (χ4v) is 4.74. The summed E-state index contributed by atoms with van der Waals surface area (Å²) in [5, 5.41) is 9.08. The number of hydrazone groups is 1. The van der Waals surface area contributed by atoms with Gasteiger partial charge >= 0.3 is 0 Å². The quantitative estimate of drug-likeness (QED) is 0.105. The number of aromatic nitrogens is 2. The minimum atomic E-state index is -0.0307. The number of hydrogen-bond acceptors (Lipinski definition) is 3. The lowest BCUT2D eigenvalue weighted by Crippen LogP contribution is -2.16. The van der Waals surface area contributed by atoms with Gasteiger partial charge in [0.05, 0.1) is 11.9 Å². The van der Waals surface area contributed by atoms with E-state index in [0.717, 1.165) is 35.3 Å². The molecule has 1 N–H and O–H groups in total. The molecule has 0 saturated carbocycles. The smallest absolute Gasteiger partial charge is 0.240 e. The third-order valence-corrected chi connectivity index (χ3v) is 6.96. The molecule has 0 saturated heterocycles. The van der Waals surface area contributed by atoms with E-state index in [1.54, 1.807) is 6.21 Å². The largest absolute Gasteiger partial charge is 0.273 e. The van der Waals surface area contributed by atoms with Gasteiger partial charge in [0, 0.05) is 23.7 Å². The molecular formula is C33H46N4O. The van der Waals surface area contributed by atoms with Crippen molar-refractivity contribution in [1.29, 1.82) is 0 Å². The number of carbonyl (C=O) groups excluding carboxylic acids is 1. The second kappa shape index (κ2) is 17.3. The lowest BCUT2D eigenvalue weighted by Gasteiger charge is -2.03. The molecule has 0 spiro atoms. The summed E-state index contributed by atoms with van der Waals surface area (Å²) >= 11 is 0. The topological polar surface area (TPSA) is 59.3 Å². The molecule has 38 heavy (non-hydrogen) atoms. The van der Waals surface area contributed by atoms with Crippen LogP contribution in [0.15, 0.2) is 65.9 Å². The van der Waals surface area contributed by atoms with Gasteiger partial charge in [0.15, 0.2) is 0 Å². The molecule has 0 fully saturated rings. The van der Waals surface area contributed by atoms with Crippen molar-refractivity contribution in [3.8, 4) is 16.9 Å². The highest BCUT2D eigenvalue weighted by atomic mass is 16.2. The highest BCUT2D eigenvalue weighted by Crippen LogP contribution is 2.23. The number of amides is 1. The van der Waals surface area contributed by atoms with Crippen molar-refractivity contribution in [1.82, 2.24) is 15.2 Å². The van der Waals surface area contributed by atoms with E-state index in [0.29, 0.717) is 6.42 Å². The van der Waals surface area contributed by atoms with Crippen molar-refractivity contribution in [2.45, 2.75) is 104 Å². The highest BCUT2D eigenvalue weighted by molar-refractivity contribution is 5.89. The van der Waals surface area contributed by atoms with Gasteiger partial charge in [-0.15, -0.1) is 0 Å². The Morgan fingerprint density at radius 2 is 1.47 bits per heavy atom. The van der Waals surface area contributed by atoms with Gasteiger partial charge in [-0.3, -0.25) is 4.79 Å². The first-order valence-electron chi connectivity index (χ1n) is 14.7. The number of rotatable bonds is 18. The Kier molecular flexibility index (Phi) is 13.4. The Hall–Kier alpha value is -3.21. The molecule has 0 aliphatic heterocycles. The first-order valence-corrected chi connectivity index (χ1v) is 14.7. The molecule has 3 aromatic rings. The number of benzene rings is 2. The highest BCUT2D eigenvalue weighted by Gasteiger charge is 2.11. The Bertz CT molecular complexity index is 1100. The summed E-state index contributed by atoms with van der Waals surface area (Å²) in [5.41, 5.74) is 7.59. The number of unbranched alkanes of at least 4 members (excludes halogenated alkanes) is 12. The molecular weight excluding hydrogens is 468 g/mol. The van der Waals surface area contributed by atoms with Gasteiger partial charge < -0.3 is 0 Å². The van der Waals surface area contributed by atoms with E-state index in [1.165, 1.54) is 76.2 Å². The number of para-hydroxylation sites is 1. The van der Waals surface area contributed by atoms with E-state index in [-0.39, 0.29) is 5.91 Å². The van der Waals surface area contributed by atoms with Crippen LogP contribution in [0.1, 0.15) is 108 Å². The molecule has 0 unspecified atom stereocenters. The van der Waals surface area contributed by atoms with Crippen LogP contribution >= 0.6 is 0 Å². The van der Waals surface area contributed by atoms with Crippen LogP contribution in [0.3, 0.4) is 0 Å². The van der Waals surface area contributed by atoms with Gasteiger partial charge in [-0.05, 0) is 31.5 Å². The SMILES string of the molecule is CCCCCCCCCCCCCCCC(=O)N/N=C/c1cn(-c2ccccc2)nc1-c1cccc(C)c1. The van der Waals surface area contributed by atoms with Crippen molar-refractivity contribution in [2.75, 3.05) is 0 Å². The molecule has 1 amide bonds. The van der Waals surface area contributed by atoms with E-state index in [1.807, 2.05) is 47.3 Å². The van der Waals surface area contributed by atoms with Gasteiger partial charge in [0.2, 0.25) is 5.91 Å². The first kappa shape index (κ1) is 29.3. The zero-order valence-corrected chi connectivity index (χ0v) is 23.5. The minimum absolute atomic E-state index is 0.0307. The van der Waals surface area contributed by atoms with Gasteiger partial charge in [0.25, 0.3) is 0 Å². The molecule has 5 heteroatoms. The van der Waals surface area contributed by atoms with Crippen LogP contribution in [-0.4, -0.2) is 21.9 Å². The lowest BCUT2D eigenvalue weighted by atomic mass is 10.0. The summed E-state index contributed by atoms with van der Waals surface area (Å²) < 4.78 is 1.86. The molecule has 0 bridgehead atoms. The van der Waals surface area contributed by atoms with Crippen LogP contribution in [0.5, 0.6) is 0 Å². The van der Waals surface area contributed by atoms with Crippen LogP contribution < -0.4 is 5.43 Å². The van der Waals surface area contributed by atoms with Crippen molar-refractivity contribution < 1.29 is 4.79 Å². The number of nitrogens with one attached hydrogen (secondary N) is 1. The van der Waals surface area contributed by atoms with Crippen molar-refractivity contribution in [2.24, 2.45) is 5.10 Å². The van der Waals surface area contributed by atoms with Gasteiger partial charge in [-0.25, -0.2) is 10.1 Å². The fourth-order valence-electron chi connectivity index (χ4n) is 4.74. The summed E-state index contributed by atoms with van der Waals surface area (Å²) in [4.78, 5) is 12.3. The summed E-state index contributed by atoms with van der Waals surface area (Å²) in [6.45, 7) is 4.34. The molecule has 204 valence electrons. The molecule has 3 rings (SSSR count). The van der Waals surface area contributed by atoms with Crippen LogP contribution in [0.25, 0.3) is 16.9 Å². The second-order valence-corrected chi connectivity index (χ2v) is 10.4. The Morgan fingerprint density at radius 1 is 0.842 bits per heavy atom. The summed E-state index contributed by atoms with van der Waals surface area (Å²) in [6, 6.07) is 18.3. The van der Waals surface area contributed by atoms with Crippen LogP contribution in [0.4, 0.5) is 0 Å². The summed E-state index contributed by atoms with van der Waals surface area (Å²) in [6.07, 6.45) is 21.1. The maximum Gasteiger partial charge on any atom is 0.240 e. The lowest BCUT2D eigenvalue weighted by molar-refractivity contribution is -0.121. The van der Waals surface area contributed by atoms with E-state index in [2.05, 4.69) is 42.6 Å². The van der Waals surface area contributed by atoms with Crippen LogP contribution in [0, 0.1) is 6.92 Å². The molecule has 1 aromatic heterocycles. The van der Waals surface area contributed by atoms with E-state index in [9.17, 15) is 4.79 Å². The molecule has 2 aromatic carbocycles. The predicted molar refractivity (Wildman–Crippen MR) is 160 cm³/mol. The first-order chi connectivity index (χ1) is 18.7. The number of carbonyl (C=O) groups is 1. The average Bonchev–Trinajstić information content (AvgIpc) is 3.36. The molecule has 0 radical (unpaired) electrons. The van der Waals surface area contributed by atoms with Crippen LogP contribution in [-0.2, 0) is 4.79 Å². The molecule has 0 aliphatic carbocycles. The third kappa shape index (κ3) is 10.6. The monoisotopic (exact) mass is 514 g/mol. The predicted octanol–water partition coefficient (Wildman–Crippen LogP) is 8.78. The van der Waals surface area contributed by atoms with Crippen molar-refractivity contribution in [3.05, 3.63) is 71.9 Å². The number of hydrogen-bond donors (Lipinski definition) is 1. The normalized spacial score (nSPS) is 11.3. The number of nitrogens with zero attached hydrogens (tertiary/aromatic N) is 3. The zero-order chi connectivity index (χ0) is 26.8. The molecule has 0 aliphatic rings.